The molecule has 1 fully saturated rings. The van der Waals surface area contributed by atoms with Gasteiger partial charge in [0.25, 0.3) is 0 Å². The van der Waals surface area contributed by atoms with E-state index in [1.54, 1.807) is 0 Å². The SMILES string of the molecule is CC1CCCN(CCCC(=O)NN)CC1. The van der Waals surface area contributed by atoms with Gasteiger partial charge in [0.15, 0.2) is 0 Å². The van der Waals surface area contributed by atoms with Gasteiger partial charge in [-0.3, -0.25) is 10.2 Å². The largest absolute Gasteiger partial charge is 0.303 e. The van der Waals surface area contributed by atoms with Crippen molar-refractivity contribution in [2.24, 2.45) is 11.8 Å². The summed E-state index contributed by atoms with van der Waals surface area (Å²) in [5.74, 6) is 5.83. The smallest absolute Gasteiger partial charge is 0.233 e. The Balaban J connectivity index is 2.12. The second-order valence-corrected chi connectivity index (χ2v) is 4.55. The number of nitrogens with zero attached hydrogens (tertiary/aromatic N) is 1. The summed E-state index contributed by atoms with van der Waals surface area (Å²) < 4.78 is 0. The molecule has 4 nitrogen and oxygen atoms in total. The lowest BCUT2D eigenvalue weighted by Crippen LogP contribution is -2.31. The van der Waals surface area contributed by atoms with E-state index in [4.69, 9.17) is 5.84 Å². The van der Waals surface area contributed by atoms with Gasteiger partial charge in [-0.05, 0) is 51.2 Å². The van der Waals surface area contributed by atoms with Crippen molar-refractivity contribution in [3.8, 4) is 0 Å². The maximum atomic E-state index is 10.9. The Kier molecular flexibility index (Phi) is 5.65. The van der Waals surface area contributed by atoms with Crippen molar-refractivity contribution in [3.63, 3.8) is 0 Å². The molecule has 1 unspecified atom stereocenters. The van der Waals surface area contributed by atoms with Gasteiger partial charge < -0.3 is 4.90 Å². The highest BCUT2D eigenvalue weighted by Gasteiger charge is 2.13. The minimum atomic E-state index is -0.0572. The van der Waals surface area contributed by atoms with E-state index in [2.05, 4.69) is 17.2 Å². The Labute approximate surface area is 92.2 Å². The molecule has 0 saturated carbocycles. The maximum absolute atomic E-state index is 10.9. The number of hydrogen-bond acceptors (Lipinski definition) is 3. The van der Waals surface area contributed by atoms with Crippen LogP contribution in [0.1, 0.15) is 39.0 Å². The normalized spacial score (nSPS) is 23.5. The fourth-order valence-electron chi connectivity index (χ4n) is 2.08. The second-order valence-electron chi connectivity index (χ2n) is 4.55. The fourth-order valence-corrected chi connectivity index (χ4v) is 2.08. The average molecular weight is 213 g/mol. The molecule has 15 heavy (non-hydrogen) atoms. The van der Waals surface area contributed by atoms with Crippen LogP contribution in [0.15, 0.2) is 0 Å². The van der Waals surface area contributed by atoms with Gasteiger partial charge in [-0.2, -0.15) is 0 Å². The van der Waals surface area contributed by atoms with Crippen molar-refractivity contribution in [1.29, 1.82) is 0 Å². The fraction of sp³-hybridized carbons (Fsp3) is 0.909. The molecule has 0 aliphatic carbocycles. The van der Waals surface area contributed by atoms with Gasteiger partial charge in [0.2, 0.25) is 5.91 Å². The molecule has 1 aliphatic rings. The number of likely N-dealkylation sites (tertiary alicyclic amines) is 1. The summed E-state index contributed by atoms with van der Waals surface area (Å²) in [4.78, 5) is 13.4. The average Bonchev–Trinajstić information content (AvgIpc) is 2.43. The van der Waals surface area contributed by atoms with Crippen LogP contribution >= 0.6 is 0 Å². The molecule has 1 atom stereocenters. The van der Waals surface area contributed by atoms with E-state index in [-0.39, 0.29) is 5.91 Å². The molecule has 88 valence electrons. The molecule has 0 bridgehead atoms. The first-order valence-electron chi connectivity index (χ1n) is 5.94. The van der Waals surface area contributed by atoms with Crippen molar-refractivity contribution >= 4 is 5.91 Å². The lowest BCUT2D eigenvalue weighted by atomic mass is 10.0. The molecule has 1 heterocycles. The molecule has 1 saturated heterocycles. The molecule has 3 N–H and O–H groups in total. The number of hydrogen-bond donors (Lipinski definition) is 2. The van der Waals surface area contributed by atoms with Crippen LogP contribution < -0.4 is 11.3 Å². The van der Waals surface area contributed by atoms with Crippen LogP contribution in [0.25, 0.3) is 0 Å². The van der Waals surface area contributed by atoms with Crippen molar-refractivity contribution in [2.45, 2.75) is 39.0 Å². The first-order chi connectivity index (χ1) is 7.22. The maximum Gasteiger partial charge on any atom is 0.233 e. The molecule has 1 amide bonds. The highest BCUT2D eigenvalue weighted by atomic mass is 16.2. The summed E-state index contributed by atoms with van der Waals surface area (Å²) in [5.41, 5.74) is 2.16. The van der Waals surface area contributed by atoms with Crippen LogP contribution in [0, 0.1) is 5.92 Å². The van der Waals surface area contributed by atoms with E-state index < -0.39 is 0 Å². The first-order valence-corrected chi connectivity index (χ1v) is 5.94. The molecule has 4 heteroatoms. The number of carbonyl (C=O) groups excluding carboxylic acids is 1. The van der Waals surface area contributed by atoms with Gasteiger partial charge in [-0.25, -0.2) is 5.84 Å². The molecule has 0 radical (unpaired) electrons. The van der Waals surface area contributed by atoms with E-state index in [1.165, 1.54) is 32.4 Å². The molecule has 0 aromatic rings. The monoisotopic (exact) mass is 213 g/mol. The van der Waals surface area contributed by atoms with Crippen LogP contribution in [0.5, 0.6) is 0 Å². The van der Waals surface area contributed by atoms with Gasteiger partial charge >= 0.3 is 0 Å². The summed E-state index contributed by atoms with van der Waals surface area (Å²) >= 11 is 0. The molecule has 1 aliphatic heterocycles. The molecular formula is C11H23N3O. The Hall–Kier alpha value is -0.610. The number of rotatable bonds is 4. The van der Waals surface area contributed by atoms with Crippen LogP contribution in [0.2, 0.25) is 0 Å². The standard InChI is InChI=1S/C11H23N3O/c1-10-4-2-7-14(9-6-10)8-3-5-11(15)13-12/h10H,2-9,12H2,1H3,(H,13,15). The van der Waals surface area contributed by atoms with E-state index in [9.17, 15) is 4.79 Å². The zero-order chi connectivity index (χ0) is 11.1. The van der Waals surface area contributed by atoms with Crippen LogP contribution in [-0.2, 0) is 4.79 Å². The number of amides is 1. The van der Waals surface area contributed by atoms with E-state index in [1.807, 2.05) is 0 Å². The predicted molar refractivity (Wildman–Crippen MR) is 61.0 cm³/mol. The summed E-state index contributed by atoms with van der Waals surface area (Å²) in [6.07, 6.45) is 5.40. The van der Waals surface area contributed by atoms with Crippen LogP contribution in [0.3, 0.4) is 0 Å². The van der Waals surface area contributed by atoms with Gasteiger partial charge in [0, 0.05) is 6.42 Å². The van der Waals surface area contributed by atoms with Crippen molar-refractivity contribution in [3.05, 3.63) is 0 Å². The van der Waals surface area contributed by atoms with Crippen LogP contribution in [-0.4, -0.2) is 30.4 Å². The summed E-state index contributed by atoms with van der Waals surface area (Å²) in [7, 11) is 0. The minimum Gasteiger partial charge on any atom is -0.303 e. The van der Waals surface area contributed by atoms with Crippen molar-refractivity contribution in [1.82, 2.24) is 10.3 Å². The third kappa shape index (κ3) is 5.14. The third-order valence-electron chi connectivity index (χ3n) is 3.15. The van der Waals surface area contributed by atoms with Crippen LogP contribution in [0.4, 0.5) is 0 Å². The minimum absolute atomic E-state index is 0.0572. The summed E-state index contributed by atoms with van der Waals surface area (Å²) in [6, 6.07) is 0. The zero-order valence-corrected chi connectivity index (χ0v) is 9.67. The molecule has 0 aromatic heterocycles. The number of hydrazine groups is 1. The lowest BCUT2D eigenvalue weighted by Gasteiger charge is -2.19. The van der Waals surface area contributed by atoms with E-state index >= 15 is 0 Å². The summed E-state index contributed by atoms with van der Waals surface area (Å²) in [6.45, 7) is 5.73. The Bertz CT molecular complexity index is 196. The van der Waals surface area contributed by atoms with Gasteiger partial charge in [-0.15, -0.1) is 0 Å². The predicted octanol–water partition coefficient (Wildman–Crippen LogP) is 0.879. The molecular weight excluding hydrogens is 190 g/mol. The Morgan fingerprint density at radius 1 is 1.47 bits per heavy atom. The van der Waals surface area contributed by atoms with Gasteiger partial charge in [0.05, 0.1) is 0 Å². The van der Waals surface area contributed by atoms with Crippen molar-refractivity contribution < 1.29 is 4.79 Å². The topological polar surface area (TPSA) is 58.4 Å². The number of nitrogens with one attached hydrogen (secondary N) is 1. The van der Waals surface area contributed by atoms with Crippen molar-refractivity contribution in [2.75, 3.05) is 19.6 Å². The lowest BCUT2D eigenvalue weighted by molar-refractivity contribution is -0.121. The van der Waals surface area contributed by atoms with Gasteiger partial charge in [0.1, 0.15) is 0 Å². The highest BCUT2D eigenvalue weighted by Crippen LogP contribution is 2.16. The van der Waals surface area contributed by atoms with Gasteiger partial charge in [-0.1, -0.05) is 6.92 Å². The van der Waals surface area contributed by atoms with E-state index in [0.717, 1.165) is 18.9 Å². The first kappa shape index (κ1) is 12.5. The third-order valence-corrected chi connectivity index (χ3v) is 3.15. The number of carbonyl (C=O) groups is 1. The quantitative estimate of drug-likeness (QED) is 0.414. The van der Waals surface area contributed by atoms with E-state index in [0.29, 0.717) is 6.42 Å². The number of nitrogens with two attached hydrogens (primary N) is 1. The second kappa shape index (κ2) is 6.80. The molecule has 1 rings (SSSR count). The highest BCUT2D eigenvalue weighted by molar-refractivity contribution is 5.75. The summed E-state index contributed by atoms with van der Waals surface area (Å²) in [5, 5.41) is 0. The Morgan fingerprint density at radius 2 is 2.27 bits per heavy atom. The molecule has 0 spiro atoms. The molecule has 0 aromatic carbocycles. The Morgan fingerprint density at radius 3 is 3.00 bits per heavy atom. The zero-order valence-electron chi connectivity index (χ0n) is 9.67.